The number of sulfonamides is 1. The quantitative estimate of drug-likeness (QED) is 0.457. The molecule has 0 heterocycles. The number of benzene rings is 2. The zero-order valence-electron chi connectivity index (χ0n) is 20.8. The minimum atomic E-state index is -3.85. The van der Waals surface area contributed by atoms with Crippen molar-refractivity contribution < 1.29 is 22.7 Å². The number of hydrogen-bond donors (Lipinski definition) is 1. The van der Waals surface area contributed by atoms with Gasteiger partial charge in [-0.1, -0.05) is 49.7 Å². The molecule has 0 saturated heterocycles. The molecule has 1 unspecified atom stereocenters. The predicted octanol–water partition coefficient (Wildman–Crippen LogP) is 3.69. The fourth-order valence-corrected chi connectivity index (χ4v) is 4.34. The maximum atomic E-state index is 13.6. The summed E-state index contributed by atoms with van der Waals surface area (Å²) >= 11 is 5.99. The zero-order chi connectivity index (χ0) is 26.2. The van der Waals surface area contributed by atoms with Crippen LogP contribution in [0.2, 0.25) is 5.02 Å². The van der Waals surface area contributed by atoms with Gasteiger partial charge in [0.2, 0.25) is 21.8 Å². The Morgan fingerprint density at radius 2 is 1.69 bits per heavy atom. The summed E-state index contributed by atoms with van der Waals surface area (Å²) in [5.74, 6) is -0.256. The highest BCUT2D eigenvalue weighted by molar-refractivity contribution is 7.92. The van der Waals surface area contributed by atoms with Gasteiger partial charge in [0.1, 0.15) is 18.3 Å². The average Bonchev–Trinajstić information content (AvgIpc) is 2.80. The van der Waals surface area contributed by atoms with E-state index in [1.807, 2.05) is 13.8 Å². The molecule has 0 radical (unpaired) electrons. The van der Waals surface area contributed by atoms with E-state index in [0.717, 1.165) is 16.1 Å². The highest BCUT2D eigenvalue weighted by atomic mass is 35.5. The molecular formula is C25H34ClN3O5S. The molecule has 35 heavy (non-hydrogen) atoms. The Labute approximate surface area is 213 Å². The molecule has 192 valence electrons. The number of amides is 2. The second-order valence-electron chi connectivity index (χ2n) is 8.63. The molecule has 0 saturated carbocycles. The van der Waals surface area contributed by atoms with Gasteiger partial charge in [0, 0.05) is 18.1 Å². The summed E-state index contributed by atoms with van der Waals surface area (Å²) < 4.78 is 32.1. The second kappa shape index (κ2) is 12.8. The molecular weight excluding hydrogens is 490 g/mol. The number of rotatable bonds is 12. The third-order valence-electron chi connectivity index (χ3n) is 5.23. The lowest BCUT2D eigenvalue weighted by molar-refractivity contribution is -0.139. The normalized spacial score (nSPS) is 12.2. The molecule has 0 aromatic heterocycles. The lowest BCUT2D eigenvalue weighted by atomic mass is 10.1. The summed E-state index contributed by atoms with van der Waals surface area (Å²) in [6.07, 6.45) is 1.03. The Morgan fingerprint density at radius 3 is 2.26 bits per heavy atom. The highest BCUT2D eigenvalue weighted by Gasteiger charge is 2.31. The van der Waals surface area contributed by atoms with Gasteiger partial charge in [-0.05, 0) is 49.6 Å². The molecule has 0 aliphatic carbocycles. The van der Waals surface area contributed by atoms with Crippen molar-refractivity contribution in [3.8, 4) is 5.75 Å². The fourth-order valence-electron chi connectivity index (χ4n) is 3.36. The van der Waals surface area contributed by atoms with E-state index in [4.69, 9.17) is 16.3 Å². The minimum Gasteiger partial charge on any atom is -0.492 e. The topological polar surface area (TPSA) is 96.0 Å². The third kappa shape index (κ3) is 8.43. The Balaban J connectivity index is 2.40. The molecule has 0 aliphatic heterocycles. The molecule has 1 atom stereocenters. The SMILES string of the molecule is CCOc1ccccc1N(CC(=O)N(Cc1ccc(Cl)cc1)C(C)C(=O)NCC(C)C)S(C)(=O)=O. The van der Waals surface area contributed by atoms with Crippen LogP contribution in [-0.2, 0) is 26.2 Å². The number of carbonyl (C=O) groups excluding carboxylic acids is 2. The number of carbonyl (C=O) groups is 2. The molecule has 2 amide bonds. The zero-order valence-corrected chi connectivity index (χ0v) is 22.4. The smallest absolute Gasteiger partial charge is 0.244 e. The summed E-state index contributed by atoms with van der Waals surface area (Å²) in [7, 11) is -3.85. The molecule has 2 aromatic rings. The fraction of sp³-hybridized carbons (Fsp3) is 0.440. The van der Waals surface area contributed by atoms with Crippen LogP contribution in [0.4, 0.5) is 5.69 Å². The van der Waals surface area contributed by atoms with Gasteiger partial charge in [0.15, 0.2) is 0 Å². The summed E-state index contributed by atoms with van der Waals surface area (Å²) in [5.41, 5.74) is 1.01. The van der Waals surface area contributed by atoms with E-state index in [9.17, 15) is 18.0 Å². The maximum absolute atomic E-state index is 13.6. The molecule has 2 rings (SSSR count). The Bertz CT molecular complexity index is 1110. The highest BCUT2D eigenvalue weighted by Crippen LogP contribution is 2.30. The molecule has 0 bridgehead atoms. The number of hydrogen-bond acceptors (Lipinski definition) is 5. The first-order valence-corrected chi connectivity index (χ1v) is 13.7. The van der Waals surface area contributed by atoms with Crippen LogP contribution in [0.5, 0.6) is 5.75 Å². The van der Waals surface area contributed by atoms with Gasteiger partial charge in [0.25, 0.3) is 0 Å². The molecule has 0 spiro atoms. The molecule has 8 nitrogen and oxygen atoms in total. The number of ether oxygens (including phenoxy) is 1. The van der Waals surface area contributed by atoms with Crippen LogP contribution in [0, 0.1) is 5.92 Å². The Kier molecular flexibility index (Phi) is 10.4. The van der Waals surface area contributed by atoms with Crippen molar-refractivity contribution in [3.63, 3.8) is 0 Å². The van der Waals surface area contributed by atoms with Crippen molar-refractivity contribution in [2.24, 2.45) is 5.92 Å². The van der Waals surface area contributed by atoms with E-state index in [2.05, 4.69) is 5.32 Å². The lowest BCUT2D eigenvalue weighted by Crippen LogP contribution is -2.51. The predicted molar refractivity (Wildman–Crippen MR) is 139 cm³/mol. The van der Waals surface area contributed by atoms with Gasteiger partial charge < -0.3 is 15.0 Å². The van der Waals surface area contributed by atoms with Gasteiger partial charge in [0.05, 0.1) is 18.6 Å². The van der Waals surface area contributed by atoms with Crippen LogP contribution in [0.1, 0.15) is 33.3 Å². The van der Waals surface area contributed by atoms with Crippen molar-refractivity contribution in [3.05, 3.63) is 59.1 Å². The van der Waals surface area contributed by atoms with Crippen LogP contribution < -0.4 is 14.4 Å². The number of nitrogens with zero attached hydrogens (tertiary/aromatic N) is 2. The van der Waals surface area contributed by atoms with Crippen LogP contribution >= 0.6 is 11.6 Å². The Hall–Kier alpha value is -2.78. The van der Waals surface area contributed by atoms with E-state index in [-0.39, 0.29) is 24.1 Å². The number of halogens is 1. The van der Waals surface area contributed by atoms with Crippen LogP contribution in [0.25, 0.3) is 0 Å². The van der Waals surface area contributed by atoms with Crippen molar-refractivity contribution in [1.82, 2.24) is 10.2 Å². The maximum Gasteiger partial charge on any atom is 0.244 e. The molecule has 0 fully saturated rings. The Morgan fingerprint density at radius 1 is 1.06 bits per heavy atom. The van der Waals surface area contributed by atoms with Gasteiger partial charge >= 0.3 is 0 Å². The van der Waals surface area contributed by atoms with Crippen molar-refractivity contribution in [2.75, 3.05) is 30.3 Å². The van der Waals surface area contributed by atoms with Crippen molar-refractivity contribution in [1.29, 1.82) is 0 Å². The van der Waals surface area contributed by atoms with Crippen LogP contribution in [0.3, 0.4) is 0 Å². The largest absolute Gasteiger partial charge is 0.492 e. The number of para-hydroxylation sites is 2. The van der Waals surface area contributed by atoms with E-state index in [0.29, 0.717) is 23.9 Å². The minimum absolute atomic E-state index is 0.108. The van der Waals surface area contributed by atoms with Gasteiger partial charge in [-0.25, -0.2) is 8.42 Å². The first-order chi connectivity index (χ1) is 16.4. The first kappa shape index (κ1) is 28.5. The van der Waals surface area contributed by atoms with Gasteiger partial charge in [-0.15, -0.1) is 0 Å². The standard InChI is InChI=1S/C25H34ClN3O5S/c1-6-34-23-10-8-7-9-22(23)29(35(5,32)33)17-24(30)28(16-20-11-13-21(26)14-12-20)19(4)25(31)27-15-18(2)3/h7-14,18-19H,6,15-17H2,1-5H3,(H,27,31). The van der Waals surface area contributed by atoms with E-state index >= 15 is 0 Å². The summed E-state index contributed by atoms with van der Waals surface area (Å²) in [4.78, 5) is 27.8. The van der Waals surface area contributed by atoms with Crippen molar-refractivity contribution >= 4 is 39.1 Å². The molecule has 10 heteroatoms. The van der Waals surface area contributed by atoms with Gasteiger partial charge in [-0.3, -0.25) is 13.9 Å². The number of anilines is 1. The van der Waals surface area contributed by atoms with Crippen LogP contribution in [0.15, 0.2) is 48.5 Å². The van der Waals surface area contributed by atoms with Crippen LogP contribution in [-0.4, -0.2) is 57.1 Å². The first-order valence-electron chi connectivity index (χ1n) is 11.4. The molecule has 0 aliphatic rings. The second-order valence-corrected chi connectivity index (χ2v) is 11.0. The van der Waals surface area contributed by atoms with E-state index < -0.39 is 28.5 Å². The van der Waals surface area contributed by atoms with E-state index in [1.165, 1.54) is 4.90 Å². The summed E-state index contributed by atoms with van der Waals surface area (Å²) in [5, 5.41) is 3.39. The average molecular weight is 524 g/mol. The van der Waals surface area contributed by atoms with Crippen molar-refractivity contribution in [2.45, 2.75) is 40.3 Å². The van der Waals surface area contributed by atoms with Gasteiger partial charge in [-0.2, -0.15) is 0 Å². The molecule has 1 N–H and O–H groups in total. The van der Waals surface area contributed by atoms with E-state index in [1.54, 1.807) is 62.4 Å². The monoisotopic (exact) mass is 523 g/mol. The molecule has 2 aromatic carbocycles. The summed E-state index contributed by atoms with van der Waals surface area (Å²) in [6.45, 7) is 7.78. The third-order valence-corrected chi connectivity index (χ3v) is 6.61. The summed E-state index contributed by atoms with van der Waals surface area (Å²) in [6, 6.07) is 12.7. The number of nitrogens with one attached hydrogen (secondary N) is 1. The lowest BCUT2D eigenvalue weighted by Gasteiger charge is -2.32.